The Labute approximate surface area is 168 Å². The minimum absolute atomic E-state index is 0.0356. The number of amides is 1. The van der Waals surface area contributed by atoms with Crippen LogP contribution in [0.4, 0.5) is 0 Å². The van der Waals surface area contributed by atoms with Crippen LogP contribution in [0.3, 0.4) is 0 Å². The summed E-state index contributed by atoms with van der Waals surface area (Å²) in [6.07, 6.45) is 4.54. The van der Waals surface area contributed by atoms with Crippen LogP contribution in [0.2, 0.25) is 0 Å². The van der Waals surface area contributed by atoms with Crippen molar-refractivity contribution in [1.82, 2.24) is 19.9 Å². The van der Waals surface area contributed by atoms with Crippen LogP contribution < -0.4 is 0 Å². The summed E-state index contributed by atoms with van der Waals surface area (Å²) in [6, 6.07) is 0.631. The lowest BCUT2D eigenvalue weighted by Crippen LogP contribution is -2.57. The van der Waals surface area contributed by atoms with Gasteiger partial charge in [-0.05, 0) is 46.6 Å². The first kappa shape index (κ1) is 19.9. The molecule has 0 N–H and O–H groups in total. The van der Waals surface area contributed by atoms with Gasteiger partial charge >= 0.3 is 0 Å². The van der Waals surface area contributed by atoms with Gasteiger partial charge in [-0.15, -0.1) is 0 Å². The SMILES string of the molecule is Cc1noc(C)c1CC(=O)N1CCC2(CC1)CC(N1CCN(C)CC1)CCO2. The molecule has 3 aliphatic rings. The fraction of sp³-hybridized carbons (Fsp3) is 0.810. The Morgan fingerprint density at radius 2 is 1.86 bits per heavy atom. The van der Waals surface area contributed by atoms with E-state index in [0.29, 0.717) is 12.5 Å². The van der Waals surface area contributed by atoms with Crippen LogP contribution in [0.15, 0.2) is 4.52 Å². The molecular weight excluding hydrogens is 356 g/mol. The van der Waals surface area contributed by atoms with Crippen molar-refractivity contribution in [3.8, 4) is 0 Å². The van der Waals surface area contributed by atoms with Crippen molar-refractivity contribution in [1.29, 1.82) is 0 Å². The van der Waals surface area contributed by atoms with Gasteiger partial charge in [-0.25, -0.2) is 0 Å². The number of carbonyl (C=O) groups is 1. The fourth-order valence-corrected chi connectivity index (χ4v) is 5.03. The number of hydrogen-bond acceptors (Lipinski definition) is 6. The molecule has 7 nitrogen and oxygen atoms in total. The predicted molar refractivity (Wildman–Crippen MR) is 106 cm³/mol. The van der Waals surface area contributed by atoms with E-state index in [1.54, 1.807) is 0 Å². The number of nitrogens with zero attached hydrogens (tertiary/aromatic N) is 4. The van der Waals surface area contributed by atoms with Gasteiger partial charge in [0.15, 0.2) is 0 Å². The molecule has 1 amide bonds. The van der Waals surface area contributed by atoms with E-state index in [9.17, 15) is 4.79 Å². The van der Waals surface area contributed by atoms with Crippen LogP contribution in [0.1, 0.15) is 42.7 Å². The Balaban J connectivity index is 1.32. The zero-order valence-electron chi connectivity index (χ0n) is 17.6. The van der Waals surface area contributed by atoms with Gasteiger partial charge in [0.2, 0.25) is 5.91 Å². The molecule has 0 bridgehead atoms. The Hall–Kier alpha value is -1.44. The summed E-state index contributed by atoms with van der Waals surface area (Å²) < 4.78 is 11.5. The first-order chi connectivity index (χ1) is 13.5. The first-order valence-corrected chi connectivity index (χ1v) is 10.7. The third-order valence-electron chi connectivity index (χ3n) is 7.06. The van der Waals surface area contributed by atoms with Gasteiger partial charge in [0.1, 0.15) is 5.76 Å². The lowest BCUT2D eigenvalue weighted by molar-refractivity contribution is -0.149. The zero-order valence-corrected chi connectivity index (χ0v) is 17.6. The zero-order chi connectivity index (χ0) is 19.7. The monoisotopic (exact) mass is 390 g/mol. The third kappa shape index (κ3) is 4.11. The van der Waals surface area contributed by atoms with Crippen LogP contribution in [0.5, 0.6) is 0 Å². The summed E-state index contributed by atoms with van der Waals surface area (Å²) in [5.74, 6) is 0.931. The molecular formula is C21H34N4O3. The number of hydrogen-bond donors (Lipinski definition) is 0. The fourth-order valence-electron chi connectivity index (χ4n) is 5.03. The second kappa shape index (κ2) is 8.13. The molecule has 1 aromatic heterocycles. The highest BCUT2D eigenvalue weighted by atomic mass is 16.5. The number of likely N-dealkylation sites (tertiary alicyclic amines) is 1. The maximum absolute atomic E-state index is 12.8. The molecule has 0 saturated carbocycles. The summed E-state index contributed by atoms with van der Waals surface area (Å²) in [6.45, 7) is 10.9. The van der Waals surface area contributed by atoms with Gasteiger partial charge in [0.05, 0.1) is 17.7 Å². The summed E-state index contributed by atoms with van der Waals surface area (Å²) >= 11 is 0. The van der Waals surface area contributed by atoms with Crippen molar-refractivity contribution in [2.75, 3.05) is 52.9 Å². The van der Waals surface area contributed by atoms with Crippen molar-refractivity contribution in [2.45, 2.75) is 57.6 Å². The van der Waals surface area contributed by atoms with E-state index in [1.165, 1.54) is 13.1 Å². The maximum atomic E-state index is 12.8. The number of piperidine rings is 1. The third-order valence-corrected chi connectivity index (χ3v) is 7.06. The largest absolute Gasteiger partial charge is 0.375 e. The molecule has 1 spiro atoms. The van der Waals surface area contributed by atoms with Crippen LogP contribution in [-0.2, 0) is 16.0 Å². The van der Waals surface area contributed by atoms with E-state index in [4.69, 9.17) is 9.26 Å². The minimum Gasteiger partial charge on any atom is -0.375 e. The minimum atomic E-state index is -0.0356. The molecule has 156 valence electrons. The Morgan fingerprint density at radius 3 is 2.50 bits per heavy atom. The van der Waals surface area contributed by atoms with Crippen LogP contribution in [0.25, 0.3) is 0 Å². The molecule has 1 atom stereocenters. The number of likely N-dealkylation sites (N-methyl/N-ethyl adjacent to an activating group) is 1. The standard InChI is InChI=1S/C21H34N4O3/c1-16-19(17(2)28-22-16)14-20(26)25-7-5-21(6-8-25)15-18(4-13-27-21)24-11-9-23(3)10-12-24/h18H,4-15H2,1-3H3. The molecule has 1 unspecified atom stereocenters. The second-order valence-corrected chi connectivity index (χ2v) is 8.88. The number of piperazine rings is 1. The van der Waals surface area contributed by atoms with E-state index in [0.717, 1.165) is 75.5 Å². The van der Waals surface area contributed by atoms with Crippen molar-refractivity contribution in [2.24, 2.45) is 0 Å². The van der Waals surface area contributed by atoms with Gasteiger partial charge in [0, 0.05) is 57.5 Å². The second-order valence-electron chi connectivity index (χ2n) is 8.88. The van der Waals surface area contributed by atoms with Crippen molar-refractivity contribution >= 4 is 5.91 Å². The van der Waals surface area contributed by atoms with E-state index < -0.39 is 0 Å². The lowest BCUT2D eigenvalue weighted by atomic mass is 9.81. The average Bonchev–Trinajstić information content (AvgIpc) is 3.01. The van der Waals surface area contributed by atoms with Gasteiger partial charge in [-0.1, -0.05) is 5.16 Å². The van der Waals surface area contributed by atoms with Gasteiger partial charge in [0.25, 0.3) is 0 Å². The van der Waals surface area contributed by atoms with Crippen LogP contribution in [0, 0.1) is 13.8 Å². The molecule has 3 fully saturated rings. The summed E-state index contributed by atoms with van der Waals surface area (Å²) in [5.41, 5.74) is 1.73. The molecule has 4 rings (SSSR count). The summed E-state index contributed by atoms with van der Waals surface area (Å²) in [5, 5.41) is 3.97. The number of rotatable bonds is 3. The Morgan fingerprint density at radius 1 is 1.14 bits per heavy atom. The Kier molecular flexibility index (Phi) is 5.76. The molecule has 4 heterocycles. The van der Waals surface area contributed by atoms with E-state index in [1.807, 2.05) is 18.7 Å². The number of ether oxygens (including phenoxy) is 1. The number of carbonyl (C=O) groups excluding carboxylic acids is 1. The summed E-state index contributed by atoms with van der Waals surface area (Å²) in [4.78, 5) is 19.9. The number of aryl methyl sites for hydroxylation is 2. The molecule has 0 aliphatic carbocycles. The maximum Gasteiger partial charge on any atom is 0.227 e. The van der Waals surface area contributed by atoms with Crippen molar-refractivity contribution < 1.29 is 14.1 Å². The van der Waals surface area contributed by atoms with E-state index >= 15 is 0 Å². The van der Waals surface area contributed by atoms with Gasteiger partial charge in [-0.2, -0.15) is 0 Å². The van der Waals surface area contributed by atoms with Crippen molar-refractivity contribution in [3.63, 3.8) is 0 Å². The molecule has 3 saturated heterocycles. The quantitative estimate of drug-likeness (QED) is 0.782. The van der Waals surface area contributed by atoms with Crippen LogP contribution >= 0.6 is 0 Å². The van der Waals surface area contributed by atoms with Gasteiger partial charge in [-0.3, -0.25) is 9.69 Å². The smallest absolute Gasteiger partial charge is 0.227 e. The summed E-state index contributed by atoms with van der Waals surface area (Å²) in [7, 11) is 2.21. The topological polar surface area (TPSA) is 62.1 Å². The molecule has 7 heteroatoms. The van der Waals surface area contributed by atoms with Crippen LogP contribution in [-0.4, -0.2) is 90.3 Å². The van der Waals surface area contributed by atoms with Crippen molar-refractivity contribution in [3.05, 3.63) is 17.0 Å². The number of aromatic nitrogens is 1. The molecule has 0 aromatic carbocycles. The normalized spacial score (nSPS) is 26.7. The van der Waals surface area contributed by atoms with Gasteiger partial charge < -0.3 is 19.1 Å². The molecule has 0 radical (unpaired) electrons. The highest BCUT2D eigenvalue weighted by molar-refractivity contribution is 5.79. The highest BCUT2D eigenvalue weighted by Crippen LogP contribution is 2.37. The molecule has 1 aromatic rings. The molecule has 28 heavy (non-hydrogen) atoms. The lowest BCUT2D eigenvalue weighted by Gasteiger charge is -2.49. The first-order valence-electron chi connectivity index (χ1n) is 10.7. The molecule has 3 aliphatic heterocycles. The highest BCUT2D eigenvalue weighted by Gasteiger charge is 2.42. The predicted octanol–water partition coefficient (Wildman–Crippen LogP) is 1.62. The van der Waals surface area contributed by atoms with E-state index in [-0.39, 0.29) is 11.5 Å². The Bertz CT molecular complexity index is 668. The van der Waals surface area contributed by atoms with E-state index in [2.05, 4.69) is 22.0 Å². The average molecular weight is 391 g/mol.